The number of hydrogen-bond acceptors (Lipinski definition) is 4. The third kappa shape index (κ3) is 4.76. The Morgan fingerprint density at radius 1 is 0.969 bits per heavy atom. The number of nitrogens with one attached hydrogen (secondary N) is 2. The molecule has 2 amide bonds. The number of rotatable bonds is 6. The number of benzene rings is 3. The van der Waals surface area contributed by atoms with Crippen molar-refractivity contribution in [2.45, 2.75) is 17.7 Å². The molecule has 4 rings (SSSR count). The van der Waals surface area contributed by atoms with Crippen LogP contribution in [-0.2, 0) is 14.8 Å². The Morgan fingerprint density at radius 3 is 2.31 bits per heavy atom. The van der Waals surface area contributed by atoms with Crippen LogP contribution in [0.2, 0.25) is 5.02 Å². The molecule has 1 fully saturated rings. The molecule has 1 saturated heterocycles. The SMILES string of the molecule is O=C(Nc1ccc(N2CCCC2=O)cc1)c1ccc(NS(=O)(=O)c2ccccc2)c(Cl)c1. The van der Waals surface area contributed by atoms with Gasteiger partial charge in [0.05, 0.1) is 15.6 Å². The Morgan fingerprint density at radius 2 is 1.69 bits per heavy atom. The highest BCUT2D eigenvalue weighted by Gasteiger charge is 2.21. The molecule has 0 aliphatic carbocycles. The summed E-state index contributed by atoms with van der Waals surface area (Å²) in [6.07, 6.45) is 1.40. The van der Waals surface area contributed by atoms with Crippen LogP contribution in [0.25, 0.3) is 0 Å². The van der Waals surface area contributed by atoms with Crippen LogP contribution in [0, 0.1) is 0 Å². The molecule has 1 aliphatic rings. The Bertz CT molecular complexity index is 1260. The van der Waals surface area contributed by atoms with E-state index in [0.29, 0.717) is 18.7 Å². The van der Waals surface area contributed by atoms with Gasteiger partial charge in [0.2, 0.25) is 5.91 Å². The van der Waals surface area contributed by atoms with Crippen molar-refractivity contribution in [2.75, 3.05) is 21.5 Å². The second kappa shape index (κ2) is 9.02. The zero-order chi connectivity index (χ0) is 22.7. The third-order valence-electron chi connectivity index (χ3n) is 5.04. The number of hydrogen-bond donors (Lipinski definition) is 2. The highest BCUT2D eigenvalue weighted by Crippen LogP contribution is 2.27. The summed E-state index contributed by atoms with van der Waals surface area (Å²) in [5.74, 6) is -0.297. The summed E-state index contributed by atoms with van der Waals surface area (Å²) in [5.41, 5.74) is 1.81. The summed E-state index contributed by atoms with van der Waals surface area (Å²) in [6, 6.07) is 19.3. The molecule has 32 heavy (non-hydrogen) atoms. The first-order chi connectivity index (χ1) is 15.3. The fourth-order valence-electron chi connectivity index (χ4n) is 3.39. The minimum atomic E-state index is -3.80. The predicted molar refractivity (Wildman–Crippen MR) is 125 cm³/mol. The van der Waals surface area contributed by atoms with Crippen molar-refractivity contribution in [3.05, 3.63) is 83.4 Å². The summed E-state index contributed by atoms with van der Waals surface area (Å²) in [6.45, 7) is 0.698. The van der Waals surface area contributed by atoms with Crippen LogP contribution in [0.3, 0.4) is 0 Å². The smallest absolute Gasteiger partial charge is 0.261 e. The van der Waals surface area contributed by atoms with Crippen LogP contribution >= 0.6 is 11.6 Å². The van der Waals surface area contributed by atoms with Crippen LogP contribution < -0.4 is 14.9 Å². The van der Waals surface area contributed by atoms with Crippen LogP contribution in [0.4, 0.5) is 17.1 Å². The minimum absolute atomic E-state index is 0.0967. The second-order valence-corrected chi connectivity index (χ2v) is 9.35. The summed E-state index contributed by atoms with van der Waals surface area (Å²) in [7, 11) is -3.80. The van der Waals surface area contributed by atoms with Gasteiger partial charge in [-0.1, -0.05) is 29.8 Å². The van der Waals surface area contributed by atoms with Gasteiger partial charge in [-0.15, -0.1) is 0 Å². The van der Waals surface area contributed by atoms with Crippen molar-refractivity contribution in [2.24, 2.45) is 0 Å². The molecule has 3 aromatic carbocycles. The van der Waals surface area contributed by atoms with Crippen molar-refractivity contribution in [1.82, 2.24) is 0 Å². The van der Waals surface area contributed by atoms with Crippen LogP contribution in [0.1, 0.15) is 23.2 Å². The quantitative estimate of drug-likeness (QED) is 0.554. The van der Waals surface area contributed by atoms with E-state index in [1.807, 2.05) is 0 Å². The molecule has 0 unspecified atom stereocenters. The first kappa shape index (κ1) is 21.9. The molecule has 9 heteroatoms. The lowest BCUT2D eigenvalue weighted by Gasteiger charge is -2.16. The van der Waals surface area contributed by atoms with Crippen molar-refractivity contribution in [1.29, 1.82) is 0 Å². The highest BCUT2D eigenvalue weighted by molar-refractivity contribution is 7.92. The van der Waals surface area contributed by atoms with E-state index in [1.165, 1.54) is 30.3 Å². The number of anilines is 3. The van der Waals surface area contributed by atoms with Gasteiger partial charge in [-0.25, -0.2) is 8.42 Å². The molecule has 0 saturated carbocycles. The monoisotopic (exact) mass is 469 g/mol. The number of carbonyl (C=O) groups is 2. The van der Waals surface area contributed by atoms with Gasteiger partial charge in [-0.05, 0) is 61.0 Å². The molecular formula is C23H20ClN3O4S. The molecule has 0 radical (unpaired) electrons. The van der Waals surface area contributed by atoms with E-state index in [-0.39, 0.29) is 27.1 Å². The van der Waals surface area contributed by atoms with E-state index in [2.05, 4.69) is 10.0 Å². The predicted octanol–water partition coefficient (Wildman–Crippen LogP) is 4.52. The molecule has 0 aromatic heterocycles. The Balaban J connectivity index is 1.44. The standard InChI is InChI=1S/C23H20ClN3O4S/c24-20-15-16(8-13-21(20)26-32(30,31)19-5-2-1-3-6-19)23(29)25-17-9-11-18(12-10-17)27-14-4-7-22(27)28/h1-3,5-6,8-13,15,26H,4,7,14H2,(H,25,29). The number of halogens is 1. The number of nitrogens with zero attached hydrogens (tertiary/aromatic N) is 1. The van der Waals surface area contributed by atoms with Crippen LogP contribution in [0.5, 0.6) is 0 Å². The molecule has 1 heterocycles. The molecule has 3 aromatic rings. The van der Waals surface area contributed by atoms with E-state index < -0.39 is 15.9 Å². The molecule has 1 aliphatic heterocycles. The number of amides is 2. The number of carbonyl (C=O) groups excluding carboxylic acids is 2. The zero-order valence-electron chi connectivity index (χ0n) is 16.9. The van der Waals surface area contributed by atoms with Crippen molar-refractivity contribution < 1.29 is 18.0 Å². The molecule has 0 bridgehead atoms. The summed E-state index contributed by atoms with van der Waals surface area (Å²) < 4.78 is 27.4. The van der Waals surface area contributed by atoms with Gasteiger partial charge in [0.15, 0.2) is 0 Å². The lowest BCUT2D eigenvalue weighted by molar-refractivity contribution is -0.117. The largest absolute Gasteiger partial charge is 0.322 e. The fraction of sp³-hybridized carbons (Fsp3) is 0.130. The highest BCUT2D eigenvalue weighted by atomic mass is 35.5. The molecule has 164 valence electrons. The van der Waals surface area contributed by atoms with Crippen LogP contribution in [-0.4, -0.2) is 26.8 Å². The first-order valence-electron chi connectivity index (χ1n) is 9.93. The lowest BCUT2D eigenvalue weighted by atomic mass is 10.2. The Kier molecular flexibility index (Phi) is 6.16. The first-order valence-corrected chi connectivity index (χ1v) is 11.8. The van der Waals surface area contributed by atoms with E-state index in [9.17, 15) is 18.0 Å². The van der Waals surface area contributed by atoms with Crippen molar-refractivity contribution >= 4 is 50.5 Å². The van der Waals surface area contributed by atoms with E-state index >= 15 is 0 Å². The molecule has 0 spiro atoms. The maximum atomic E-state index is 12.6. The van der Waals surface area contributed by atoms with E-state index in [1.54, 1.807) is 47.4 Å². The van der Waals surface area contributed by atoms with Gasteiger partial charge in [0.25, 0.3) is 15.9 Å². The fourth-order valence-corrected chi connectivity index (χ4v) is 4.78. The van der Waals surface area contributed by atoms with Crippen LogP contribution in [0.15, 0.2) is 77.7 Å². The Labute approximate surface area is 191 Å². The maximum absolute atomic E-state index is 12.6. The van der Waals surface area contributed by atoms with Gasteiger partial charge in [0.1, 0.15) is 0 Å². The summed E-state index contributed by atoms with van der Waals surface area (Å²) >= 11 is 6.23. The van der Waals surface area contributed by atoms with Gasteiger partial charge in [-0.3, -0.25) is 14.3 Å². The molecule has 0 atom stereocenters. The minimum Gasteiger partial charge on any atom is -0.322 e. The Hall–Kier alpha value is -3.36. The maximum Gasteiger partial charge on any atom is 0.261 e. The topological polar surface area (TPSA) is 95.6 Å². The summed E-state index contributed by atoms with van der Waals surface area (Å²) in [5, 5.41) is 2.87. The third-order valence-corrected chi connectivity index (χ3v) is 6.73. The number of sulfonamides is 1. The van der Waals surface area contributed by atoms with E-state index in [4.69, 9.17) is 11.6 Å². The summed E-state index contributed by atoms with van der Waals surface area (Å²) in [4.78, 5) is 26.3. The van der Waals surface area contributed by atoms with Gasteiger partial charge in [-0.2, -0.15) is 0 Å². The van der Waals surface area contributed by atoms with Gasteiger partial charge < -0.3 is 10.2 Å². The second-order valence-electron chi connectivity index (χ2n) is 7.26. The van der Waals surface area contributed by atoms with Crippen molar-refractivity contribution in [3.8, 4) is 0 Å². The average Bonchev–Trinajstić information content (AvgIpc) is 3.22. The van der Waals surface area contributed by atoms with E-state index in [0.717, 1.165) is 12.1 Å². The molecule has 7 nitrogen and oxygen atoms in total. The van der Waals surface area contributed by atoms with Gasteiger partial charge >= 0.3 is 0 Å². The van der Waals surface area contributed by atoms with Crippen molar-refractivity contribution in [3.63, 3.8) is 0 Å². The zero-order valence-corrected chi connectivity index (χ0v) is 18.5. The lowest BCUT2D eigenvalue weighted by Crippen LogP contribution is -2.23. The average molecular weight is 470 g/mol. The molecule has 2 N–H and O–H groups in total. The van der Waals surface area contributed by atoms with Gasteiger partial charge in [0, 0.05) is 29.9 Å². The molecular weight excluding hydrogens is 450 g/mol. The normalized spacial score (nSPS) is 13.8.